The lowest BCUT2D eigenvalue weighted by Gasteiger charge is -2.23. The summed E-state index contributed by atoms with van der Waals surface area (Å²) in [7, 11) is 0. The zero-order valence-corrected chi connectivity index (χ0v) is 19.3. The van der Waals surface area contributed by atoms with E-state index in [0.29, 0.717) is 23.3 Å². The summed E-state index contributed by atoms with van der Waals surface area (Å²) >= 11 is 0. The Labute approximate surface area is 211 Å². The lowest BCUT2D eigenvalue weighted by Crippen LogP contribution is -2.33. The van der Waals surface area contributed by atoms with Gasteiger partial charge in [0.2, 0.25) is 17.4 Å². The number of amides is 1. The second-order valence-electron chi connectivity index (χ2n) is 8.63. The molecule has 3 N–H and O–H groups in total. The highest BCUT2D eigenvalue weighted by atomic mass is 19.2. The number of anilines is 2. The molecule has 13 heteroatoms. The molecule has 38 heavy (non-hydrogen) atoms. The van der Waals surface area contributed by atoms with E-state index < -0.39 is 40.3 Å². The predicted molar refractivity (Wildman–Crippen MR) is 126 cm³/mol. The Bertz CT molecular complexity index is 1770. The molecular formula is C25H15F4N7O2. The van der Waals surface area contributed by atoms with Gasteiger partial charge in [0.1, 0.15) is 34.4 Å². The number of imidazole rings is 1. The van der Waals surface area contributed by atoms with Gasteiger partial charge in [-0.25, -0.2) is 33.1 Å². The first-order valence-corrected chi connectivity index (χ1v) is 11.1. The normalized spacial score (nSPS) is 16.5. The molecule has 0 radical (unpaired) electrons. The number of rotatable bonds is 4. The van der Waals surface area contributed by atoms with Crippen LogP contribution in [0, 0.1) is 23.3 Å². The summed E-state index contributed by atoms with van der Waals surface area (Å²) in [5, 5.41) is 2.68. The molecule has 1 atom stereocenters. The van der Waals surface area contributed by atoms with E-state index in [9.17, 15) is 22.4 Å². The van der Waals surface area contributed by atoms with Crippen LogP contribution in [0.15, 0.2) is 55.0 Å². The molecule has 190 valence electrons. The summed E-state index contributed by atoms with van der Waals surface area (Å²) in [4.78, 5) is 30.2. The molecule has 0 fully saturated rings. The van der Waals surface area contributed by atoms with E-state index in [1.54, 1.807) is 6.92 Å². The van der Waals surface area contributed by atoms with Gasteiger partial charge in [0.15, 0.2) is 17.4 Å². The second-order valence-corrected chi connectivity index (χ2v) is 8.63. The predicted octanol–water partition coefficient (Wildman–Crippen LogP) is 4.38. The summed E-state index contributed by atoms with van der Waals surface area (Å²) in [6.07, 6.45) is 4.41. The van der Waals surface area contributed by atoms with Crippen LogP contribution in [0.5, 0.6) is 11.6 Å². The van der Waals surface area contributed by atoms with Crippen molar-refractivity contribution >= 4 is 23.2 Å². The molecule has 0 saturated heterocycles. The van der Waals surface area contributed by atoms with Gasteiger partial charge < -0.3 is 20.2 Å². The first-order chi connectivity index (χ1) is 18.1. The number of hydrogen-bond acceptors (Lipinski definition) is 7. The van der Waals surface area contributed by atoms with Gasteiger partial charge in [0, 0.05) is 30.7 Å². The molecule has 0 saturated carbocycles. The van der Waals surface area contributed by atoms with Crippen LogP contribution in [0.3, 0.4) is 0 Å². The van der Waals surface area contributed by atoms with Crippen LogP contribution in [0.2, 0.25) is 0 Å². The topological polar surface area (TPSA) is 120 Å². The first-order valence-electron chi connectivity index (χ1n) is 11.1. The van der Waals surface area contributed by atoms with E-state index in [0.717, 1.165) is 0 Å². The van der Waals surface area contributed by atoms with Crippen LogP contribution in [0.4, 0.5) is 29.2 Å². The minimum Gasteiger partial charge on any atom is -0.433 e. The summed E-state index contributed by atoms with van der Waals surface area (Å²) < 4.78 is 62.1. The maximum atomic E-state index is 14.3. The van der Waals surface area contributed by atoms with Crippen LogP contribution in [-0.4, -0.2) is 30.2 Å². The van der Waals surface area contributed by atoms with Gasteiger partial charge in [-0.05, 0) is 24.6 Å². The lowest BCUT2D eigenvalue weighted by molar-refractivity contribution is -0.119. The van der Waals surface area contributed by atoms with Gasteiger partial charge in [-0.2, -0.15) is 4.39 Å². The van der Waals surface area contributed by atoms with Crippen LogP contribution < -0.4 is 15.8 Å². The average molecular weight is 521 g/mol. The monoisotopic (exact) mass is 521 g/mol. The van der Waals surface area contributed by atoms with Gasteiger partial charge in [-0.1, -0.05) is 12.1 Å². The molecule has 0 aliphatic carbocycles. The highest BCUT2D eigenvalue weighted by Gasteiger charge is 2.47. The molecule has 1 aliphatic rings. The van der Waals surface area contributed by atoms with Crippen molar-refractivity contribution in [1.82, 2.24) is 24.3 Å². The number of nitrogens with zero attached hydrogens (tertiary/aromatic N) is 5. The molecule has 1 amide bonds. The number of aromatic nitrogens is 5. The number of nitrogen functional groups attached to an aromatic ring is 1. The Morgan fingerprint density at radius 2 is 1.79 bits per heavy atom. The van der Waals surface area contributed by atoms with Crippen LogP contribution in [0.25, 0.3) is 17.2 Å². The minimum atomic E-state index is -1.44. The Morgan fingerprint density at radius 1 is 1.03 bits per heavy atom. The number of hydrogen-bond donors (Lipinski definition) is 2. The van der Waals surface area contributed by atoms with E-state index in [1.165, 1.54) is 47.3 Å². The zero-order valence-electron chi connectivity index (χ0n) is 19.3. The van der Waals surface area contributed by atoms with Gasteiger partial charge in [-0.3, -0.25) is 4.79 Å². The molecule has 4 heterocycles. The highest BCUT2D eigenvalue weighted by Crippen LogP contribution is 2.45. The lowest BCUT2D eigenvalue weighted by atomic mass is 9.78. The van der Waals surface area contributed by atoms with E-state index >= 15 is 0 Å². The van der Waals surface area contributed by atoms with E-state index in [2.05, 4.69) is 25.3 Å². The third-order valence-corrected chi connectivity index (χ3v) is 6.28. The van der Waals surface area contributed by atoms with Crippen LogP contribution in [-0.2, 0) is 10.2 Å². The summed E-state index contributed by atoms with van der Waals surface area (Å²) in [5.41, 5.74) is 5.97. The second kappa shape index (κ2) is 8.23. The number of carbonyl (C=O) groups is 1. The molecular weight excluding hydrogens is 506 g/mol. The van der Waals surface area contributed by atoms with Crippen molar-refractivity contribution in [3.63, 3.8) is 0 Å². The third kappa shape index (κ3) is 3.50. The van der Waals surface area contributed by atoms with E-state index in [-0.39, 0.29) is 34.7 Å². The number of fused-ring (bicyclic) bond motifs is 2. The Morgan fingerprint density at radius 3 is 2.55 bits per heavy atom. The molecule has 1 aliphatic heterocycles. The SMILES string of the molecule is CC1(c2ccc(F)cc2)C(=O)Nc2nc(-c3cn4ccnc4c(Oc4cc(F)cc(F)c4F)n3)nc(N)c21. The molecule has 3 aromatic heterocycles. The smallest absolute Gasteiger partial charge is 0.264 e. The van der Waals surface area contributed by atoms with Crippen LogP contribution >= 0.6 is 0 Å². The quantitative estimate of drug-likeness (QED) is 0.266. The number of benzene rings is 2. The summed E-state index contributed by atoms with van der Waals surface area (Å²) in [5.74, 6) is -5.79. The van der Waals surface area contributed by atoms with E-state index in [4.69, 9.17) is 10.5 Å². The highest BCUT2D eigenvalue weighted by molar-refractivity contribution is 6.09. The third-order valence-electron chi connectivity index (χ3n) is 6.28. The van der Waals surface area contributed by atoms with Gasteiger partial charge in [0.25, 0.3) is 5.88 Å². The molecule has 2 aromatic carbocycles. The van der Waals surface area contributed by atoms with Gasteiger partial charge >= 0.3 is 0 Å². The fourth-order valence-corrected chi connectivity index (χ4v) is 4.37. The molecule has 6 rings (SSSR count). The number of nitrogens with one attached hydrogen (secondary N) is 1. The van der Waals surface area contributed by atoms with E-state index in [1.807, 2.05) is 0 Å². The summed E-state index contributed by atoms with van der Waals surface area (Å²) in [6, 6.07) is 6.47. The standard InChI is InChI=1S/C25H15F4N7O2/c1-25(11-2-4-12(26)5-3-11)17-19(30)33-20(34-21(17)35-24(25)37)15-10-36-7-6-31-22(36)23(32-15)38-16-9-13(27)8-14(28)18(16)29/h2-10H,1H3,(H3,30,33,34,35,37). The van der Waals surface area contributed by atoms with Crippen molar-refractivity contribution in [1.29, 1.82) is 0 Å². The maximum absolute atomic E-state index is 14.3. The summed E-state index contributed by atoms with van der Waals surface area (Å²) in [6.45, 7) is 1.62. The van der Waals surface area contributed by atoms with Crippen LogP contribution in [0.1, 0.15) is 18.1 Å². The van der Waals surface area contributed by atoms with Crippen molar-refractivity contribution in [2.75, 3.05) is 11.1 Å². The largest absolute Gasteiger partial charge is 0.433 e. The minimum absolute atomic E-state index is 0.0312. The number of nitrogens with two attached hydrogens (primary N) is 1. The first kappa shape index (κ1) is 23.3. The van der Waals surface area contributed by atoms with Crippen molar-refractivity contribution in [2.24, 2.45) is 0 Å². The maximum Gasteiger partial charge on any atom is 0.264 e. The fourth-order valence-electron chi connectivity index (χ4n) is 4.37. The van der Waals surface area contributed by atoms with Gasteiger partial charge in [0.05, 0.1) is 5.56 Å². The Balaban J connectivity index is 1.46. The van der Waals surface area contributed by atoms with Crippen molar-refractivity contribution in [3.05, 3.63) is 89.4 Å². The molecule has 0 bridgehead atoms. The molecule has 1 unspecified atom stereocenters. The van der Waals surface area contributed by atoms with Crippen molar-refractivity contribution < 1.29 is 27.1 Å². The molecule has 5 aromatic rings. The van der Waals surface area contributed by atoms with Crippen molar-refractivity contribution in [2.45, 2.75) is 12.3 Å². The molecule has 0 spiro atoms. The molecule has 9 nitrogen and oxygen atoms in total. The Kier molecular flexibility index (Phi) is 5.05. The average Bonchev–Trinajstić information content (AvgIpc) is 3.45. The number of carbonyl (C=O) groups excluding carboxylic acids is 1. The van der Waals surface area contributed by atoms with Gasteiger partial charge in [-0.15, -0.1) is 0 Å². The Hall–Kier alpha value is -5.07. The number of ether oxygens (including phenoxy) is 1. The zero-order chi connectivity index (χ0) is 26.8. The fraction of sp³-hybridized carbons (Fsp3) is 0.0800. The number of halogens is 4. The van der Waals surface area contributed by atoms with Crippen molar-refractivity contribution in [3.8, 4) is 23.1 Å².